The Hall–Kier alpha value is -2.54. The first-order valence-corrected chi connectivity index (χ1v) is 8.49. The van der Waals surface area contributed by atoms with Gasteiger partial charge in [-0.3, -0.25) is 0 Å². The van der Waals surface area contributed by atoms with Crippen molar-refractivity contribution in [3.05, 3.63) is 59.7 Å². The van der Waals surface area contributed by atoms with Gasteiger partial charge in [-0.15, -0.1) is 0 Å². The van der Waals surface area contributed by atoms with Crippen LogP contribution in [0.2, 0.25) is 0 Å². The maximum atomic E-state index is 11.7. The van der Waals surface area contributed by atoms with Crippen molar-refractivity contribution in [3.8, 4) is 16.5 Å². The average molecular weight is 372 g/mol. The summed E-state index contributed by atoms with van der Waals surface area (Å²) in [7, 11) is 3.19. The molecule has 2 aromatic carbocycles. The second kappa shape index (κ2) is 8.19. The number of allylic oxidation sites excluding steroid dienone is 1. The summed E-state index contributed by atoms with van der Waals surface area (Å²) in [5, 5.41) is 9.16. The normalized spacial score (nSPS) is 11.2. The molecule has 2 aromatic rings. The number of nitriles is 1. The summed E-state index contributed by atoms with van der Waals surface area (Å²) in [6.45, 7) is 0. The van der Waals surface area contributed by atoms with Gasteiger partial charge in [0.15, 0.2) is 0 Å². The number of carbonyl (C=O) groups is 1. The van der Waals surface area contributed by atoms with E-state index >= 15 is 0 Å². The first-order chi connectivity index (χ1) is 11.2. The third-order valence-corrected chi connectivity index (χ3v) is 4.84. The average Bonchev–Trinajstić information content (AvgIpc) is 2.62. The zero-order valence-electron chi connectivity index (χ0n) is 12.8. The molecule has 0 spiro atoms. The first kappa shape index (κ1) is 16.8. The van der Waals surface area contributed by atoms with Crippen molar-refractivity contribution in [1.29, 1.82) is 5.26 Å². The fraction of sp³-hybridized carbons (Fsp3) is 0.111. The van der Waals surface area contributed by atoms with Crippen molar-refractivity contribution in [2.24, 2.45) is 0 Å². The maximum absolute atomic E-state index is 11.7. The summed E-state index contributed by atoms with van der Waals surface area (Å²) in [5.74, 6) is 1.45. The number of carbonyl (C=O) groups excluding carboxylic acids is 1. The van der Waals surface area contributed by atoms with Gasteiger partial charge in [-0.25, -0.2) is 0 Å². The Morgan fingerprint density at radius 3 is 1.83 bits per heavy atom. The second-order valence-electron chi connectivity index (χ2n) is 4.51. The molecule has 23 heavy (non-hydrogen) atoms. The number of rotatable bonds is 6. The third kappa shape index (κ3) is 4.01. The molecular weight excluding hydrogens is 357 g/mol. The molecule has 0 amide bonds. The van der Waals surface area contributed by atoms with Gasteiger partial charge in [-0.05, 0) is 0 Å². The van der Waals surface area contributed by atoms with Crippen LogP contribution >= 0.6 is 0 Å². The molecule has 0 bridgehead atoms. The molecule has 0 aliphatic rings. The zero-order valence-corrected chi connectivity index (χ0v) is 14.5. The van der Waals surface area contributed by atoms with E-state index in [-0.39, 0.29) is 0 Å². The molecule has 0 fully saturated rings. The molecule has 0 saturated heterocycles. The fourth-order valence-electron chi connectivity index (χ4n) is 2.08. The van der Waals surface area contributed by atoms with Gasteiger partial charge in [0.05, 0.1) is 0 Å². The van der Waals surface area contributed by atoms with Crippen LogP contribution in [0.25, 0.3) is 10.0 Å². The van der Waals surface area contributed by atoms with Crippen LogP contribution in [0, 0.1) is 10.2 Å². The minimum atomic E-state index is -0.468. The van der Waals surface area contributed by atoms with Crippen LogP contribution in [0.5, 0.6) is 11.5 Å². The van der Waals surface area contributed by atoms with E-state index in [0.717, 1.165) is 33.4 Å². The number of methoxy groups -OCH3 is 2. The molecule has 0 aromatic heterocycles. The van der Waals surface area contributed by atoms with Crippen molar-refractivity contribution in [2.75, 3.05) is 14.2 Å². The summed E-state index contributed by atoms with van der Waals surface area (Å²) in [4.78, 5) is 13.9. The summed E-state index contributed by atoms with van der Waals surface area (Å²) in [6, 6.07) is 14.6. The molecule has 0 unspecified atom stereocenters. The molecule has 4 nitrogen and oxygen atoms in total. The van der Waals surface area contributed by atoms with Gasteiger partial charge in [0.1, 0.15) is 0 Å². The summed E-state index contributed by atoms with van der Waals surface area (Å²) >= 11 is -0.468. The molecule has 0 atom stereocenters. The predicted molar refractivity (Wildman–Crippen MR) is 90.2 cm³/mol. The molecule has 0 aliphatic heterocycles. The van der Waals surface area contributed by atoms with E-state index in [4.69, 9.17) is 14.7 Å². The van der Waals surface area contributed by atoms with Gasteiger partial charge < -0.3 is 0 Å². The number of nitrogens with zero attached hydrogens (tertiary/aromatic N) is 1. The van der Waals surface area contributed by atoms with E-state index in [9.17, 15) is 4.79 Å². The molecule has 116 valence electrons. The molecule has 0 radical (unpaired) electrons. The number of benzene rings is 2. The fourth-order valence-corrected chi connectivity index (χ4v) is 3.38. The number of ether oxygens (including phenoxy) is 2. The Kier molecular flexibility index (Phi) is 5.99. The van der Waals surface area contributed by atoms with E-state index in [2.05, 4.69) is 4.97 Å². The molecule has 0 saturated carbocycles. The van der Waals surface area contributed by atoms with Crippen LogP contribution in [-0.4, -0.2) is 35.5 Å². The van der Waals surface area contributed by atoms with Crippen molar-refractivity contribution in [2.45, 2.75) is 0 Å². The summed E-state index contributed by atoms with van der Waals surface area (Å²) < 4.78 is 11.0. The van der Waals surface area contributed by atoms with Crippen LogP contribution in [-0.2, 0) is 4.79 Å². The monoisotopic (exact) mass is 373 g/mol. The minimum absolute atomic E-state index is 0.468. The van der Waals surface area contributed by atoms with Gasteiger partial charge in [0, 0.05) is 0 Å². The van der Waals surface area contributed by atoms with E-state index in [1.807, 2.05) is 36.4 Å². The van der Waals surface area contributed by atoms with Crippen molar-refractivity contribution in [3.63, 3.8) is 0 Å². The Balaban J connectivity index is 2.53. The van der Waals surface area contributed by atoms with Gasteiger partial charge in [-0.2, -0.15) is 0 Å². The van der Waals surface area contributed by atoms with E-state index in [0.29, 0.717) is 5.57 Å². The Bertz CT molecular complexity index is 743. The van der Waals surface area contributed by atoms with E-state index in [1.165, 1.54) is 0 Å². The SMILES string of the molecule is COc1ccc(/C(C=O)=C(/[Se]C#N)c2ccc(OC)cc2)cc1. The van der Waals surface area contributed by atoms with Crippen LogP contribution in [0.15, 0.2) is 48.5 Å². The second-order valence-corrected chi connectivity index (χ2v) is 6.18. The molecule has 5 heteroatoms. The van der Waals surface area contributed by atoms with Crippen molar-refractivity contribution in [1.82, 2.24) is 0 Å². The molecule has 0 heterocycles. The zero-order chi connectivity index (χ0) is 16.7. The van der Waals surface area contributed by atoms with Gasteiger partial charge >= 0.3 is 141 Å². The van der Waals surface area contributed by atoms with Crippen LogP contribution in [0.3, 0.4) is 0 Å². The van der Waals surface area contributed by atoms with E-state index in [1.54, 1.807) is 26.4 Å². The number of hydrogen-bond acceptors (Lipinski definition) is 4. The predicted octanol–water partition coefficient (Wildman–Crippen LogP) is 2.96. The Morgan fingerprint density at radius 2 is 1.43 bits per heavy atom. The summed E-state index contributed by atoms with van der Waals surface area (Å²) in [6.07, 6.45) is 0.806. The van der Waals surface area contributed by atoms with Crippen molar-refractivity contribution < 1.29 is 14.3 Å². The Labute approximate surface area is 141 Å². The first-order valence-electron chi connectivity index (χ1n) is 6.77. The van der Waals surface area contributed by atoms with Gasteiger partial charge in [0.25, 0.3) is 0 Å². The standard InChI is InChI=1S/C18H15NO3Se/c1-21-15-7-3-13(4-8-15)17(11-20)18(23-12-19)14-5-9-16(22-2)10-6-14/h3-11H,1-2H3/b18-17+. The van der Waals surface area contributed by atoms with Crippen LogP contribution < -0.4 is 9.47 Å². The van der Waals surface area contributed by atoms with Gasteiger partial charge in [0.2, 0.25) is 0 Å². The molecular formula is C18H15NO3Se. The van der Waals surface area contributed by atoms with Crippen LogP contribution in [0.4, 0.5) is 0 Å². The molecule has 0 aliphatic carbocycles. The molecule has 2 rings (SSSR count). The number of hydrogen-bond donors (Lipinski definition) is 0. The molecule has 0 N–H and O–H groups in total. The van der Waals surface area contributed by atoms with E-state index < -0.39 is 15.0 Å². The third-order valence-electron chi connectivity index (χ3n) is 3.26. The van der Waals surface area contributed by atoms with Gasteiger partial charge in [-0.1, -0.05) is 0 Å². The van der Waals surface area contributed by atoms with Crippen LogP contribution in [0.1, 0.15) is 11.1 Å². The Morgan fingerprint density at radius 1 is 0.957 bits per heavy atom. The topological polar surface area (TPSA) is 59.3 Å². The van der Waals surface area contributed by atoms with Crippen molar-refractivity contribution >= 4 is 31.3 Å². The number of aldehydes is 1. The summed E-state index contributed by atoms with van der Waals surface area (Å²) in [5.41, 5.74) is 2.15. The quantitative estimate of drug-likeness (QED) is 0.339.